The first-order valence-corrected chi connectivity index (χ1v) is 6.07. The van der Waals surface area contributed by atoms with Gasteiger partial charge in [0.2, 0.25) is 0 Å². The molecule has 1 rings (SSSR count). The third kappa shape index (κ3) is 3.66. The van der Waals surface area contributed by atoms with Crippen molar-refractivity contribution in [3.05, 3.63) is 17.8 Å². The van der Waals surface area contributed by atoms with Gasteiger partial charge >= 0.3 is 0 Å². The van der Waals surface area contributed by atoms with E-state index in [1.807, 2.05) is 13.8 Å². The zero-order valence-corrected chi connectivity index (χ0v) is 11.3. The van der Waals surface area contributed by atoms with Gasteiger partial charge in [-0.25, -0.2) is 5.84 Å². The van der Waals surface area contributed by atoms with Gasteiger partial charge in [0.15, 0.2) is 11.5 Å². The summed E-state index contributed by atoms with van der Waals surface area (Å²) in [6.07, 6.45) is 0. The minimum atomic E-state index is -0.102. The van der Waals surface area contributed by atoms with Crippen LogP contribution in [0.2, 0.25) is 0 Å². The average Bonchev–Trinajstić information content (AvgIpc) is 2.34. The van der Waals surface area contributed by atoms with E-state index in [2.05, 4.69) is 29.5 Å². The summed E-state index contributed by atoms with van der Waals surface area (Å²) in [6.45, 7) is 8.84. The second kappa shape index (κ2) is 6.30. The summed E-state index contributed by atoms with van der Waals surface area (Å²) in [7, 11) is 0. The molecule has 0 fully saturated rings. The summed E-state index contributed by atoms with van der Waals surface area (Å²) < 4.78 is 0. The molecule has 0 aromatic carbocycles. The molecule has 0 bridgehead atoms. The van der Waals surface area contributed by atoms with Crippen molar-refractivity contribution in [2.75, 3.05) is 12.0 Å². The van der Waals surface area contributed by atoms with Crippen LogP contribution < -0.4 is 11.3 Å². The summed E-state index contributed by atoms with van der Waals surface area (Å²) in [5.41, 5.74) is 2.72. The normalized spacial score (nSPS) is 10.8. The van der Waals surface area contributed by atoms with Crippen molar-refractivity contribution in [1.29, 1.82) is 0 Å². The molecule has 0 aliphatic heterocycles. The van der Waals surface area contributed by atoms with Gasteiger partial charge in [0.1, 0.15) is 0 Å². The van der Waals surface area contributed by atoms with Crippen LogP contribution >= 0.6 is 0 Å². The number of hydrogen-bond donors (Lipinski definition) is 2. The molecule has 0 saturated carbocycles. The monoisotopic (exact) mass is 251 g/mol. The Labute approximate surface area is 108 Å². The van der Waals surface area contributed by atoms with Gasteiger partial charge in [-0.15, -0.1) is 10.2 Å². The number of nitrogens with zero attached hydrogens (tertiary/aromatic N) is 3. The molecule has 0 saturated heterocycles. The Kier molecular flexibility index (Phi) is 5.03. The van der Waals surface area contributed by atoms with E-state index in [4.69, 9.17) is 5.84 Å². The summed E-state index contributed by atoms with van der Waals surface area (Å²) in [6, 6.07) is 3.39. The number of hydrazine groups is 1. The topological polar surface area (TPSA) is 84.1 Å². The van der Waals surface area contributed by atoms with Crippen LogP contribution in [-0.2, 0) is 0 Å². The molecule has 0 radical (unpaired) electrons. The van der Waals surface area contributed by atoms with Gasteiger partial charge in [-0.1, -0.05) is 13.8 Å². The maximum absolute atomic E-state index is 12.3. The molecule has 6 nitrogen and oxygen atoms in total. The average molecular weight is 251 g/mol. The fourth-order valence-corrected chi connectivity index (χ4v) is 1.59. The van der Waals surface area contributed by atoms with Crippen LogP contribution in [0, 0.1) is 5.92 Å². The molecule has 18 heavy (non-hydrogen) atoms. The maximum Gasteiger partial charge on any atom is 0.274 e. The number of anilines is 1. The molecule has 0 spiro atoms. The number of hydrogen-bond acceptors (Lipinski definition) is 5. The lowest BCUT2D eigenvalue weighted by Crippen LogP contribution is -2.40. The number of carbonyl (C=O) groups excluding carboxylic acids is 1. The van der Waals surface area contributed by atoms with Crippen LogP contribution in [0.25, 0.3) is 0 Å². The molecule has 0 aliphatic rings. The number of nitrogens with two attached hydrogens (primary N) is 1. The SMILES string of the molecule is CC(C)CN(C(=O)c1ccc(NN)nn1)C(C)C. The van der Waals surface area contributed by atoms with Crippen LogP contribution in [0.4, 0.5) is 5.82 Å². The zero-order valence-electron chi connectivity index (χ0n) is 11.3. The van der Waals surface area contributed by atoms with E-state index >= 15 is 0 Å². The highest BCUT2D eigenvalue weighted by atomic mass is 16.2. The lowest BCUT2D eigenvalue weighted by Gasteiger charge is -2.28. The van der Waals surface area contributed by atoms with Gasteiger partial charge < -0.3 is 10.3 Å². The lowest BCUT2D eigenvalue weighted by molar-refractivity contribution is 0.0674. The van der Waals surface area contributed by atoms with Crippen LogP contribution in [0.1, 0.15) is 38.2 Å². The molecule has 1 heterocycles. The molecular formula is C12H21N5O. The predicted octanol–water partition coefficient (Wildman–Crippen LogP) is 1.27. The molecular weight excluding hydrogens is 230 g/mol. The first kappa shape index (κ1) is 14.4. The smallest absolute Gasteiger partial charge is 0.274 e. The highest BCUT2D eigenvalue weighted by Crippen LogP contribution is 2.10. The Morgan fingerprint density at radius 1 is 1.33 bits per heavy atom. The highest BCUT2D eigenvalue weighted by molar-refractivity contribution is 5.92. The fraction of sp³-hybridized carbons (Fsp3) is 0.583. The second-order valence-electron chi connectivity index (χ2n) is 4.89. The van der Waals surface area contributed by atoms with E-state index in [1.54, 1.807) is 17.0 Å². The van der Waals surface area contributed by atoms with Crippen molar-refractivity contribution >= 4 is 11.7 Å². The van der Waals surface area contributed by atoms with Crippen molar-refractivity contribution in [3.8, 4) is 0 Å². The summed E-state index contributed by atoms with van der Waals surface area (Å²) in [4.78, 5) is 14.1. The molecule has 3 N–H and O–H groups in total. The third-order valence-electron chi connectivity index (χ3n) is 2.48. The van der Waals surface area contributed by atoms with Crippen molar-refractivity contribution in [2.45, 2.75) is 33.7 Å². The lowest BCUT2D eigenvalue weighted by atomic mass is 10.1. The van der Waals surface area contributed by atoms with Crippen molar-refractivity contribution < 1.29 is 4.79 Å². The molecule has 0 atom stereocenters. The quantitative estimate of drug-likeness (QED) is 0.608. The number of nitrogens with one attached hydrogen (secondary N) is 1. The molecule has 0 unspecified atom stereocenters. The van der Waals surface area contributed by atoms with Crippen LogP contribution in [-0.4, -0.2) is 33.6 Å². The second-order valence-corrected chi connectivity index (χ2v) is 4.89. The Morgan fingerprint density at radius 3 is 2.39 bits per heavy atom. The van der Waals surface area contributed by atoms with Gasteiger partial charge in [-0.2, -0.15) is 0 Å². The first-order chi connectivity index (χ1) is 8.45. The van der Waals surface area contributed by atoms with Crippen LogP contribution in [0.3, 0.4) is 0 Å². The largest absolute Gasteiger partial charge is 0.335 e. The van der Waals surface area contributed by atoms with E-state index in [9.17, 15) is 4.79 Å². The molecule has 0 aliphatic carbocycles. The van der Waals surface area contributed by atoms with Crippen LogP contribution in [0.15, 0.2) is 12.1 Å². The number of amides is 1. The van der Waals surface area contributed by atoms with Crippen molar-refractivity contribution in [1.82, 2.24) is 15.1 Å². The number of rotatable bonds is 5. The minimum Gasteiger partial charge on any atom is -0.335 e. The molecule has 1 amide bonds. The van der Waals surface area contributed by atoms with Gasteiger partial charge in [0, 0.05) is 12.6 Å². The minimum absolute atomic E-state index is 0.102. The molecule has 1 aromatic heterocycles. The Morgan fingerprint density at radius 2 is 2.00 bits per heavy atom. The standard InChI is InChI=1S/C12H21N5O/c1-8(2)7-17(9(3)4)12(18)10-5-6-11(14-13)16-15-10/h5-6,8-9H,7,13H2,1-4H3,(H,14,16). The third-order valence-corrected chi connectivity index (χ3v) is 2.48. The van der Waals surface area contributed by atoms with Crippen LogP contribution in [0.5, 0.6) is 0 Å². The maximum atomic E-state index is 12.3. The predicted molar refractivity (Wildman–Crippen MR) is 70.9 cm³/mol. The molecule has 6 heteroatoms. The van der Waals surface area contributed by atoms with Crippen molar-refractivity contribution in [2.24, 2.45) is 11.8 Å². The van der Waals surface area contributed by atoms with E-state index in [-0.39, 0.29) is 11.9 Å². The Hall–Kier alpha value is -1.69. The zero-order chi connectivity index (χ0) is 13.7. The van der Waals surface area contributed by atoms with Crippen molar-refractivity contribution in [3.63, 3.8) is 0 Å². The van der Waals surface area contributed by atoms with E-state index < -0.39 is 0 Å². The van der Waals surface area contributed by atoms with E-state index in [0.29, 0.717) is 24.0 Å². The van der Waals surface area contributed by atoms with Gasteiger partial charge in [0.25, 0.3) is 5.91 Å². The van der Waals surface area contributed by atoms with Gasteiger partial charge in [-0.05, 0) is 31.9 Å². The highest BCUT2D eigenvalue weighted by Gasteiger charge is 2.21. The fourth-order valence-electron chi connectivity index (χ4n) is 1.59. The van der Waals surface area contributed by atoms with E-state index in [1.165, 1.54) is 0 Å². The Balaban J connectivity index is 2.87. The van der Waals surface area contributed by atoms with Gasteiger partial charge in [-0.3, -0.25) is 4.79 Å². The summed E-state index contributed by atoms with van der Waals surface area (Å²) in [5, 5.41) is 7.68. The number of aromatic nitrogens is 2. The first-order valence-electron chi connectivity index (χ1n) is 6.07. The van der Waals surface area contributed by atoms with Gasteiger partial charge in [0.05, 0.1) is 0 Å². The molecule has 1 aromatic rings. The Bertz CT molecular complexity index is 388. The molecule has 100 valence electrons. The summed E-state index contributed by atoms with van der Waals surface area (Å²) in [5.74, 6) is 5.95. The number of carbonyl (C=O) groups is 1. The number of nitrogen functional groups attached to an aromatic ring is 1. The summed E-state index contributed by atoms with van der Waals surface area (Å²) >= 11 is 0. The van der Waals surface area contributed by atoms with E-state index in [0.717, 1.165) is 0 Å².